The van der Waals surface area contributed by atoms with E-state index < -0.39 is 9.84 Å². The Labute approximate surface area is 191 Å². The molecule has 2 N–H and O–H groups in total. The van der Waals surface area contributed by atoms with Gasteiger partial charge in [-0.05, 0) is 49.9 Å². The molecule has 0 saturated carbocycles. The third kappa shape index (κ3) is 12.7. The molecule has 1 unspecified atom stereocenters. The SMILES string of the molecule is CCNC(=NCC(C)(C)CCS(C)(=O)=O)NCC(C)Oc1ccc(Cl)cc1.I. The lowest BCUT2D eigenvalue weighted by Crippen LogP contribution is -2.42. The maximum atomic E-state index is 11.4. The predicted octanol–water partition coefficient (Wildman–Crippen LogP) is 3.74. The van der Waals surface area contributed by atoms with Crippen LogP contribution in [0.4, 0.5) is 0 Å². The van der Waals surface area contributed by atoms with Crippen LogP contribution in [-0.4, -0.2) is 52.1 Å². The molecule has 1 aromatic carbocycles. The van der Waals surface area contributed by atoms with Gasteiger partial charge in [0, 0.05) is 24.4 Å². The molecule has 0 bridgehead atoms. The number of benzene rings is 1. The summed E-state index contributed by atoms with van der Waals surface area (Å²) in [6.07, 6.45) is 1.78. The Morgan fingerprint density at radius 1 is 1.25 bits per heavy atom. The van der Waals surface area contributed by atoms with Gasteiger partial charge in [0.25, 0.3) is 0 Å². The van der Waals surface area contributed by atoms with Crippen LogP contribution >= 0.6 is 35.6 Å². The van der Waals surface area contributed by atoms with Crippen LogP contribution in [0, 0.1) is 5.41 Å². The minimum absolute atomic E-state index is 0. The van der Waals surface area contributed by atoms with Crippen LogP contribution in [0.25, 0.3) is 0 Å². The number of hydrogen-bond acceptors (Lipinski definition) is 4. The standard InChI is InChI=1S/C19H32ClN3O3S.HI/c1-6-21-18(23-14-19(3,4)11-12-27(5,24)25)22-13-15(2)26-17-9-7-16(20)8-10-17;/h7-10,15H,6,11-14H2,1-5H3,(H2,21,22,23);1H. The van der Waals surface area contributed by atoms with Crippen LogP contribution in [0.1, 0.15) is 34.1 Å². The number of aliphatic imine (C=N–C) groups is 1. The van der Waals surface area contributed by atoms with Gasteiger partial charge in [-0.1, -0.05) is 25.4 Å². The van der Waals surface area contributed by atoms with Crippen molar-refractivity contribution < 1.29 is 13.2 Å². The Bertz CT molecular complexity index is 710. The van der Waals surface area contributed by atoms with Crippen LogP contribution in [0.15, 0.2) is 29.3 Å². The van der Waals surface area contributed by atoms with Gasteiger partial charge in [0.15, 0.2) is 5.96 Å². The van der Waals surface area contributed by atoms with Gasteiger partial charge in [-0.3, -0.25) is 4.99 Å². The lowest BCUT2D eigenvalue weighted by Gasteiger charge is -2.23. The molecule has 0 amide bonds. The van der Waals surface area contributed by atoms with E-state index in [0.717, 1.165) is 12.3 Å². The van der Waals surface area contributed by atoms with E-state index in [1.54, 1.807) is 12.1 Å². The highest BCUT2D eigenvalue weighted by Gasteiger charge is 2.20. The Hall–Kier alpha value is -0.740. The summed E-state index contributed by atoms with van der Waals surface area (Å²) in [5, 5.41) is 7.14. The fourth-order valence-electron chi connectivity index (χ4n) is 2.20. The van der Waals surface area contributed by atoms with Crippen molar-refractivity contribution >= 4 is 51.4 Å². The number of halogens is 2. The molecule has 0 spiro atoms. The summed E-state index contributed by atoms with van der Waals surface area (Å²) in [6.45, 7) is 9.88. The summed E-state index contributed by atoms with van der Waals surface area (Å²) in [5.41, 5.74) is -0.198. The third-order valence-electron chi connectivity index (χ3n) is 3.87. The van der Waals surface area contributed by atoms with Crippen LogP contribution < -0.4 is 15.4 Å². The number of nitrogens with zero attached hydrogens (tertiary/aromatic N) is 1. The van der Waals surface area contributed by atoms with E-state index in [-0.39, 0.29) is 41.2 Å². The van der Waals surface area contributed by atoms with Crippen molar-refractivity contribution in [2.24, 2.45) is 10.4 Å². The molecular formula is C19H33ClIN3O3S. The zero-order valence-corrected chi connectivity index (χ0v) is 21.2. The van der Waals surface area contributed by atoms with Gasteiger partial charge in [0.2, 0.25) is 0 Å². The van der Waals surface area contributed by atoms with E-state index in [0.29, 0.717) is 30.5 Å². The first-order chi connectivity index (χ1) is 12.5. The molecule has 0 aliphatic rings. The Morgan fingerprint density at radius 2 is 1.86 bits per heavy atom. The fraction of sp³-hybridized carbons (Fsp3) is 0.632. The maximum Gasteiger partial charge on any atom is 0.191 e. The van der Waals surface area contributed by atoms with Gasteiger partial charge in [-0.25, -0.2) is 8.42 Å². The monoisotopic (exact) mass is 545 g/mol. The number of sulfone groups is 1. The molecule has 6 nitrogen and oxygen atoms in total. The highest BCUT2D eigenvalue weighted by molar-refractivity contribution is 14.0. The van der Waals surface area contributed by atoms with E-state index >= 15 is 0 Å². The van der Waals surface area contributed by atoms with Crippen molar-refractivity contribution in [3.05, 3.63) is 29.3 Å². The molecule has 0 aromatic heterocycles. The topological polar surface area (TPSA) is 79.8 Å². The van der Waals surface area contributed by atoms with Gasteiger partial charge < -0.3 is 15.4 Å². The van der Waals surface area contributed by atoms with E-state index in [1.165, 1.54) is 6.26 Å². The highest BCUT2D eigenvalue weighted by atomic mass is 127. The lowest BCUT2D eigenvalue weighted by atomic mass is 9.90. The van der Waals surface area contributed by atoms with Gasteiger partial charge >= 0.3 is 0 Å². The molecule has 1 aromatic rings. The molecular weight excluding hydrogens is 513 g/mol. The second kappa shape index (κ2) is 12.7. The first-order valence-electron chi connectivity index (χ1n) is 9.13. The normalized spacial score (nSPS) is 13.4. The quantitative estimate of drug-likeness (QED) is 0.266. The van der Waals surface area contributed by atoms with Gasteiger partial charge in [0.1, 0.15) is 21.7 Å². The van der Waals surface area contributed by atoms with Crippen molar-refractivity contribution in [3.8, 4) is 5.75 Å². The molecule has 0 fully saturated rings. The van der Waals surface area contributed by atoms with E-state index in [1.807, 2.05) is 39.8 Å². The molecule has 0 saturated heterocycles. The number of ether oxygens (including phenoxy) is 1. The van der Waals surface area contributed by atoms with E-state index in [4.69, 9.17) is 16.3 Å². The number of rotatable bonds is 10. The van der Waals surface area contributed by atoms with Gasteiger partial charge in [-0.2, -0.15) is 0 Å². The highest BCUT2D eigenvalue weighted by Crippen LogP contribution is 2.21. The third-order valence-corrected chi connectivity index (χ3v) is 5.06. The molecule has 0 heterocycles. The number of nitrogens with one attached hydrogen (secondary N) is 2. The van der Waals surface area contributed by atoms with Crippen LogP contribution in [0.3, 0.4) is 0 Å². The average molecular weight is 546 g/mol. The maximum absolute atomic E-state index is 11.4. The summed E-state index contributed by atoms with van der Waals surface area (Å²) in [5.74, 6) is 1.62. The first-order valence-corrected chi connectivity index (χ1v) is 11.6. The molecule has 0 aliphatic heterocycles. The Balaban J connectivity index is 0.00000729. The second-order valence-corrected chi connectivity index (χ2v) is 10.2. The van der Waals surface area contributed by atoms with Crippen molar-refractivity contribution in [3.63, 3.8) is 0 Å². The fourth-order valence-corrected chi connectivity index (χ4v) is 3.25. The Morgan fingerprint density at radius 3 is 2.39 bits per heavy atom. The van der Waals surface area contributed by atoms with Crippen LogP contribution in [-0.2, 0) is 9.84 Å². The minimum Gasteiger partial charge on any atom is -0.489 e. The molecule has 9 heteroatoms. The molecule has 1 rings (SSSR count). The largest absolute Gasteiger partial charge is 0.489 e. The molecule has 1 atom stereocenters. The average Bonchev–Trinajstić information content (AvgIpc) is 2.57. The molecule has 0 aliphatic carbocycles. The lowest BCUT2D eigenvalue weighted by molar-refractivity contribution is 0.224. The van der Waals surface area contributed by atoms with Crippen LogP contribution in [0.2, 0.25) is 5.02 Å². The summed E-state index contributed by atoms with van der Waals surface area (Å²) < 4.78 is 28.6. The summed E-state index contributed by atoms with van der Waals surface area (Å²) in [6, 6.07) is 7.26. The van der Waals surface area contributed by atoms with E-state index in [9.17, 15) is 8.42 Å². The van der Waals surface area contributed by atoms with E-state index in [2.05, 4.69) is 15.6 Å². The summed E-state index contributed by atoms with van der Waals surface area (Å²) >= 11 is 5.88. The van der Waals surface area contributed by atoms with Crippen molar-refractivity contribution in [2.45, 2.75) is 40.2 Å². The number of hydrogen-bond donors (Lipinski definition) is 2. The molecule has 162 valence electrons. The smallest absolute Gasteiger partial charge is 0.191 e. The molecule has 0 radical (unpaired) electrons. The van der Waals surface area contributed by atoms with Gasteiger partial charge in [0.05, 0.1) is 12.3 Å². The zero-order valence-electron chi connectivity index (χ0n) is 17.3. The Kier molecular flexibility index (Phi) is 12.4. The molecule has 28 heavy (non-hydrogen) atoms. The number of guanidine groups is 1. The minimum atomic E-state index is -2.96. The summed E-state index contributed by atoms with van der Waals surface area (Å²) in [4.78, 5) is 4.60. The predicted molar refractivity (Wildman–Crippen MR) is 129 cm³/mol. The first kappa shape index (κ1) is 27.3. The zero-order chi connectivity index (χ0) is 20.5. The van der Waals surface area contributed by atoms with Crippen LogP contribution in [0.5, 0.6) is 5.75 Å². The van der Waals surface area contributed by atoms with Gasteiger partial charge in [-0.15, -0.1) is 24.0 Å². The van der Waals surface area contributed by atoms with Crippen molar-refractivity contribution in [1.29, 1.82) is 0 Å². The second-order valence-electron chi connectivity index (χ2n) is 7.50. The summed E-state index contributed by atoms with van der Waals surface area (Å²) in [7, 11) is -2.96. The van der Waals surface area contributed by atoms with Crippen molar-refractivity contribution in [1.82, 2.24) is 10.6 Å². The van der Waals surface area contributed by atoms with Crippen molar-refractivity contribution in [2.75, 3.05) is 31.6 Å².